The topological polar surface area (TPSA) is 154 Å². The van der Waals surface area contributed by atoms with Crippen LogP contribution in [0.25, 0.3) is 16.9 Å². The number of halogens is 1. The fourth-order valence-electron chi connectivity index (χ4n) is 4.87. The summed E-state index contributed by atoms with van der Waals surface area (Å²) in [4.78, 5) is 8.96. The zero-order valence-corrected chi connectivity index (χ0v) is 20.4. The van der Waals surface area contributed by atoms with E-state index in [0.29, 0.717) is 35.9 Å². The number of aromatic nitrogens is 7. The Labute approximate surface area is 211 Å². The van der Waals surface area contributed by atoms with E-state index in [1.807, 2.05) is 20.0 Å². The standard InChI is InChI=1S/C24H27FN10O2/c1-24(6-7-24)31-23(36)37-18-4-3-14(20(18)25)16-9-19(33-32-16)30-22-27-11-15(17-5-8-28-34(17)2)21-29-13(10-26)12-35(21)22/h5,8-9,11-12,14,18,20,23,31,36H,3-4,6-7H2,1-2H3,(H2,27,30,32,33)/t14-,18-,20+,23?/m0/s1. The Kier molecular flexibility index (Phi) is 5.67. The molecular formula is C24H27FN10O2. The lowest BCUT2D eigenvalue weighted by Gasteiger charge is -2.23. The maximum atomic E-state index is 15.3. The number of ether oxygens (including phenoxy) is 1. The summed E-state index contributed by atoms with van der Waals surface area (Å²) >= 11 is 0. The van der Waals surface area contributed by atoms with E-state index in [4.69, 9.17) is 4.74 Å². The van der Waals surface area contributed by atoms with E-state index in [9.17, 15) is 10.4 Å². The number of rotatable bonds is 8. The lowest BCUT2D eigenvalue weighted by molar-refractivity contribution is -0.170. The third-order valence-electron chi connectivity index (χ3n) is 7.22. The van der Waals surface area contributed by atoms with Crippen LogP contribution < -0.4 is 10.6 Å². The molecule has 4 heterocycles. The second kappa shape index (κ2) is 8.91. The molecular weight excluding hydrogens is 479 g/mol. The van der Waals surface area contributed by atoms with E-state index in [1.54, 1.807) is 33.7 Å². The van der Waals surface area contributed by atoms with Crippen LogP contribution >= 0.6 is 0 Å². The van der Waals surface area contributed by atoms with Crippen LogP contribution in [0.15, 0.2) is 30.7 Å². The van der Waals surface area contributed by atoms with Gasteiger partial charge in [0.2, 0.25) is 12.4 Å². The van der Waals surface area contributed by atoms with Crippen molar-refractivity contribution in [2.75, 3.05) is 5.32 Å². The molecule has 2 aliphatic carbocycles. The van der Waals surface area contributed by atoms with E-state index in [2.05, 4.69) is 42.0 Å². The molecule has 37 heavy (non-hydrogen) atoms. The van der Waals surface area contributed by atoms with Crippen LogP contribution in [-0.4, -0.2) is 63.7 Å². The number of nitriles is 1. The van der Waals surface area contributed by atoms with E-state index in [-0.39, 0.29) is 11.2 Å². The number of hydrogen-bond donors (Lipinski definition) is 4. The van der Waals surface area contributed by atoms with Crippen molar-refractivity contribution in [2.45, 2.75) is 62.8 Å². The minimum Gasteiger partial charge on any atom is -0.356 e. The number of aliphatic hydroxyl groups is 1. The molecule has 13 heteroatoms. The van der Waals surface area contributed by atoms with Gasteiger partial charge in [-0.1, -0.05) is 0 Å². The highest BCUT2D eigenvalue weighted by Crippen LogP contribution is 2.40. The van der Waals surface area contributed by atoms with Gasteiger partial charge in [-0.25, -0.2) is 14.4 Å². The number of aryl methyl sites for hydroxylation is 1. The van der Waals surface area contributed by atoms with Crippen LogP contribution in [0.5, 0.6) is 0 Å². The summed E-state index contributed by atoms with van der Waals surface area (Å²) in [5.74, 6) is 0.416. The Bertz CT molecular complexity index is 1480. The molecule has 0 spiro atoms. The number of hydrogen-bond acceptors (Lipinski definition) is 9. The van der Waals surface area contributed by atoms with Gasteiger partial charge in [0.15, 0.2) is 17.2 Å². The molecule has 4 aromatic rings. The summed E-state index contributed by atoms with van der Waals surface area (Å²) in [5, 5.41) is 37.1. The van der Waals surface area contributed by atoms with Crippen LogP contribution in [-0.2, 0) is 11.8 Å². The molecule has 2 fully saturated rings. The lowest BCUT2D eigenvalue weighted by atomic mass is 10.0. The zero-order chi connectivity index (χ0) is 25.7. The summed E-state index contributed by atoms with van der Waals surface area (Å²) in [6.45, 7) is 2.00. The van der Waals surface area contributed by atoms with E-state index in [0.717, 1.165) is 24.1 Å². The first kappa shape index (κ1) is 23.5. The third-order valence-corrected chi connectivity index (χ3v) is 7.22. The van der Waals surface area contributed by atoms with Gasteiger partial charge < -0.3 is 15.2 Å². The van der Waals surface area contributed by atoms with Gasteiger partial charge in [0.05, 0.1) is 23.6 Å². The van der Waals surface area contributed by atoms with Crippen LogP contribution in [0, 0.1) is 11.3 Å². The number of nitrogens with one attached hydrogen (secondary N) is 3. The molecule has 192 valence electrons. The maximum Gasteiger partial charge on any atom is 0.214 e. The van der Waals surface area contributed by atoms with Gasteiger partial charge in [0.25, 0.3) is 0 Å². The lowest BCUT2D eigenvalue weighted by Crippen LogP contribution is -2.43. The van der Waals surface area contributed by atoms with Gasteiger partial charge in [-0.15, -0.1) is 0 Å². The van der Waals surface area contributed by atoms with Crippen molar-refractivity contribution >= 4 is 17.4 Å². The second-order valence-corrected chi connectivity index (χ2v) is 9.96. The summed E-state index contributed by atoms with van der Waals surface area (Å²) in [6, 6.07) is 5.65. The highest BCUT2D eigenvalue weighted by molar-refractivity contribution is 5.76. The summed E-state index contributed by atoms with van der Waals surface area (Å²) in [5.41, 5.74) is 2.82. The highest BCUT2D eigenvalue weighted by atomic mass is 19.1. The largest absolute Gasteiger partial charge is 0.356 e. The number of H-pyrrole nitrogens is 1. The molecule has 1 unspecified atom stereocenters. The fraction of sp³-hybridized carbons (Fsp3) is 0.458. The summed E-state index contributed by atoms with van der Waals surface area (Å²) < 4.78 is 24.2. The van der Waals surface area contributed by atoms with Crippen molar-refractivity contribution in [1.29, 1.82) is 5.26 Å². The van der Waals surface area contributed by atoms with Gasteiger partial charge in [0.1, 0.15) is 12.2 Å². The summed E-state index contributed by atoms with van der Waals surface area (Å²) in [7, 11) is 1.82. The normalized spacial score (nSPS) is 23.3. The van der Waals surface area contributed by atoms with Crippen LogP contribution in [0.4, 0.5) is 16.2 Å². The van der Waals surface area contributed by atoms with Crippen molar-refractivity contribution in [3.8, 4) is 17.3 Å². The number of fused-ring (bicyclic) bond motifs is 1. The first-order valence-electron chi connectivity index (χ1n) is 12.2. The quantitative estimate of drug-likeness (QED) is 0.264. The van der Waals surface area contributed by atoms with Crippen molar-refractivity contribution in [3.05, 3.63) is 42.1 Å². The number of alkyl halides is 1. The van der Waals surface area contributed by atoms with Crippen molar-refractivity contribution < 1.29 is 14.2 Å². The van der Waals surface area contributed by atoms with Crippen LogP contribution in [0.3, 0.4) is 0 Å². The molecule has 2 aliphatic rings. The first-order chi connectivity index (χ1) is 17.8. The van der Waals surface area contributed by atoms with Crippen LogP contribution in [0.1, 0.15) is 49.9 Å². The third kappa shape index (κ3) is 4.43. The molecule has 0 amide bonds. The van der Waals surface area contributed by atoms with Gasteiger partial charge in [0, 0.05) is 42.7 Å². The molecule has 0 saturated heterocycles. The summed E-state index contributed by atoms with van der Waals surface area (Å²) in [6.07, 6.45) is 4.74. The molecule has 4 N–H and O–H groups in total. The molecule has 4 atom stereocenters. The number of imidazole rings is 1. The van der Waals surface area contributed by atoms with Gasteiger partial charge >= 0.3 is 0 Å². The Balaban J connectivity index is 1.19. The Morgan fingerprint density at radius 1 is 1.38 bits per heavy atom. The van der Waals surface area contributed by atoms with Crippen molar-refractivity contribution in [3.63, 3.8) is 0 Å². The van der Waals surface area contributed by atoms with Crippen molar-refractivity contribution in [2.24, 2.45) is 7.05 Å². The second-order valence-electron chi connectivity index (χ2n) is 9.96. The van der Waals surface area contributed by atoms with E-state index >= 15 is 4.39 Å². The maximum absolute atomic E-state index is 15.3. The van der Waals surface area contributed by atoms with Gasteiger partial charge in [-0.2, -0.15) is 15.5 Å². The van der Waals surface area contributed by atoms with Gasteiger partial charge in [-0.05, 0) is 38.7 Å². The molecule has 6 rings (SSSR count). The molecule has 0 bridgehead atoms. The number of aromatic amines is 1. The van der Waals surface area contributed by atoms with Gasteiger partial charge in [-0.3, -0.25) is 19.5 Å². The van der Waals surface area contributed by atoms with E-state index < -0.39 is 24.6 Å². The number of aliphatic hydroxyl groups excluding tert-OH is 1. The smallest absolute Gasteiger partial charge is 0.214 e. The van der Waals surface area contributed by atoms with E-state index in [1.165, 1.54) is 0 Å². The zero-order valence-electron chi connectivity index (χ0n) is 20.4. The minimum absolute atomic E-state index is 0.119. The van der Waals surface area contributed by atoms with Crippen LogP contribution in [0.2, 0.25) is 0 Å². The molecule has 0 aliphatic heterocycles. The minimum atomic E-state index is -1.29. The average molecular weight is 507 g/mol. The molecule has 0 radical (unpaired) electrons. The number of nitrogens with zero attached hydrogens (tertiary/aromatic N) is 7. The molecule has 4 aromatic heterocycles. The monoisotopic (exact) mass is 506 g/mol. The predicted octanol–water partition coefficient (Wildman–Crippen LogP) is 2.49. The fourth-order valence-corrected chi connectivity index (χ4v) is 4.87. The SMILES string of the molecule is Cn1nccc1-c1cnc(Nc2cc([C@@H]3CC[C@H](OC(O)NC4(C)CC4)[C@@H]3F)[nH]n2)n2cc(C#N)nc12. The molecule has 0 aromatic carbocycles. The Hall–Kier alpha value is -3.86. The molecule has 12 nitrogen and oxygen atoms in total. The molecule has 2 saturated carbocycles. The Morgan fingerprint density at radius 3 is 2.95 bits per heavy atom. The Morgan fingerprint density at radius 2 is 2.22 bits per heavy atom. The van der Waals surface area contributed by atoms with Crippen molar-refractivity contribution in [1.82, 2.24) is 39.7 Å². The predicted molar refractivity (Wildman–Crippen MR) is 130 cm³/mol. The average Bonchev–Trinajstić information content (AvgIpc) is 3.35. The highest BCUT2D eigenvalue weighted by Gasteiger charge is 2.43. The number of anilines is 2. The first-order valence-corrected chi connectivity index (χ1v) is 12.2.